The van der Waals surface area contributed by atoms with Gasteiger partial charge in [-0.3, -0.25) is 14.5 Å². The van der Waals surface area contributed by atoms with Gasteiger partial charge in [0, 0.05) is 26.3 Å². The lowest BCUT2D eigenvalue weighted by atomic mass is 9.84. The smallest absolute Gasteiger partial charge is 0.327 e. The molecule has 1 N–H and O–H groups in total. The van der Waals surface area contributed by atoms with E-state index in [1.807, 2.05) is 6.92 Å². The van der Waals surface area contributed by atoms with Crippen LogP contribution in [0.4, 0.5) is 4.79 Å². The minimum Gasteiger partial charge on any atom is -0.481 e. The van der Waals surface area contributed by atoms with Crippen molar-refractivity contribution in [1.29, 1.82) is 0 Å². The van der Waals surface area contributed by atoms with Crippen LogP contribution in [0.5, 0.6) is 0 Å². The zero-order chi connectivity index (χ0) is 22.1. The van der Waals surface area contributed by atoms with Crippen LogP contribution >= 0.6 is 0 Å². The fourth-order valence-electron chi connectivity index (χ4n) is 3.39. The highest BCUT2D eigenvalue weighted by molar-refractivity contribution is 6.01. The van der Waals surface area contributed by atoms with E-state index in [1.165, 1.54) is 4.90 Å². The number of rotatable bonds is 15. The summed E-state index contributed by atoms with van der Waals surface area (Å²) in [5.41, 5.74) is -0.590. The van der Waals surface area contributed by atoms with E-state index in [9.17, 15) is 14.4 Å². The van der Waals surface area contributed by atoms with Crippen LogP contribution in [-0.2, 0) is 14.3 Å². The normalized spacial score (nSPS) is 15.5. The quantitative estimate of drug-likeness (QED) is 0.322. The number of carboxylic acids is 1. The molecule has 7 heteroatoms. The van der Waals surface area contributed by atoms with Crippen molar-refractivity contribution < 1.29 is 24.2 Å². The SMILES string of the molecule is CCN1CC(=O)N(CCC(C)(C)CCCCOCCCCC(C)(C)C(=O)O)C1=O. The van der Waals surface area contributed by atoms with Crippen molar-refractivity contribution >= 4 is 17.9 Å². The van der Waals surface area contributed by atoms with E-state index in [2.05, 4.69) is 13.8 Å². The van der Waals surface area contributed by atoms with Crippen molar-refractivity contribution in [3.63, 3.8) is 0 Å². The van der Waals surface area contributed by atoms with E-state index in [4.69, 9.17) is 9.84 Å². The molecule has 0 bridgehead atoms. The third-order valence-corrected chi connectivity index (χ3v) is 5.83. The maximum absolute atomic E-state index is 12.1. The number of amides is 3. The molecule has 0 aliphatic carbocycles. The zero-order valence-corrected chi connectivity index (χ0v) is 19.0. The number of unbranched alkanes of at least 4 members (excludes halogenated alkanes) is 2. The molecule has 0 aromatic rings. The molecule has 7 nitrogen and oxygen atoms in total. The van der Waals surface area contributed by atoms with E-state index in [0.29, 0.717) is 32.7 Å². The van der Waals surface area contributed by atoms with Gasteiger partial charge in [0.15, 0.2) is 0 Å². The van der Waals surface area contributed by atoms with Crippen LogP contribution in [0.15, 0.2) is 0 Å². The number of nitrogens with zero attached hydrogens (tertiary/aromatic N) is 2. The number of ether oxygens (including phenoxy) is 1. The highest BCUT2D eigenvalue weighted by Crippen LogP contribution is 2.28. The zero-order valence-electron chi connectivity index (χ0n) is 19.0. The molecule has 0 saturated carbocycles. The summed E-state index contributed by atoms with van der Waals surface area (Å²) in [6.07, 6.45) is 6.26. The van der Waals surface area contributed by atoms with Gasteiger partial charge in [-0.25, -0.2) is 4.79 Å². The third kappa shape index (κ3) is 8.72. The van der Waals surface area contributed by atoms with Gasteiger partial charge in [-0.05, 0) is 58.3 Å². The molecule has 29 heavy (non-hydrogen) atoms. The van der Waals surface area contributed by atoms with Crippen LogP contribution in [0, 0.1) is 10.8 Å². The van der Waals surface area contributed by atoms with E-state index in [0.717, 1.165) is 38.5 Å². The topological polar surface area (TPSA) is 87.2 Å². The van der Waals surface area contributed by atoms with E-state index in [-0.39, 0.29) is 23.9 Å². The maximum atomic E-state index is 12.1. The van der Waals surface area contributed by atoms with Crippen LogP contribution < -0.4 is 0 Å². The molecule has 0 radical (unpaired) electrons. The molecular weight excluding hydrogens is 372 g/mol. The first kappa shape index (κ1) is 25.4. The average Bonchev–Trinajstić information content (AvgIpc) is 2.91. The first-order chi connectivity index (χ1) is 13.5. The Kier molecular flexibility index (Phi) is 10.1. The lowest BCUT2D eigenvalue weighted by Crippen LogP contribution is -2.35. The molecule has 0 aromatic carbocycles. The maximum Gasteiger partial charge on any atom is 0.327 e. The van der Waals surface area contributed by atoms with Crippen molar-refractivity contribution in [3.8, 4) is 0 Å². The standard InChI is InChI=1S/C22H40N2O5/c1-6-23-17-18(25)24(20(23)28)14-13-21(2,3)11-7-9-15-29-16-10-8-12-22(4,5)19(26)27/h6-17H2,1-5H3,(H,26,27). The molecule has 0 unspecified atom stereocenters. The first-order valence-electron chi connectivity index (χ1n) is 10.9. The van der Waals surface area contributed by atoms with Crippen molar-refractivity contribution in [2.45, 2.75) is 79.6 Å². The number of likely N-dealkylation sites (N-methyl/N-ethyl adjacent to an activating group) is 1. The average molecular weight is 413 g/mol. The number of hydrogen-bond donors (Lipinski definition) is 1. The highest BCUT2D eigenvalue weighted by Gasteiger charge is 2.35. The van der Waals surface area contributed by atoms with Crippen molar-refractivity contribution in [2.75, 3.05) is 32.8 Å². The largest absolute Gasteiger partial charge is 0.481 e. The molecule has 168 valence electrons. The molecular formula is C22H40N2O5. The van der Waals surface area contributed by atoms with Gasteiger partial charge < -0.3 is 14.7 Å². The summed E-state index contributed by atoms with van der Waals surface area (Å²) in [5, 5.41) is 9.09. The summed E-state index contributed by atoms with van der Waals surface area (Å²) in [4.78, 5) is 38.1. The molecule has 1 saturated heterocycles. The number of aliphatic carboxylic acids is 1. The number of hydrogen-bond acceptors (Lipinski definition) is 4. The fourth-order valence-corrected chi connectivity index (χ4v) is 3.39. The second kappa shape index (κ2) is 11.5. The second-order valence-corrected chi connectivity index (χ2v) is 9.47. The van der Waals surface area contributed by atoms with Crippen LogP contribution in [0.25, 0.3) is 0 Å². The van der Waals surface area contributed by atoms with Gasteiger partial charge in [0.2, 0.25) is 5.91 Å². The summed E-state index contributed by atoms with van der Waals surface area (Å²) in [5.74, 6) is -0.838. The molecule has 0 aromatic heterocycles. The lowest BCUT2D eigenvalue weighted by molar-refractivity contribution is -0.147. The number of carbonyl (C=O) groups is 3. The Balaban J connectivity index is 2.11. The summed E-state index contributed by atoms with van der Waals surface area (Å²) < 4.78 is 5.67. The van der Waals surface area contributed by atoms with Gasteiger partial charge in [0.1, 0.15) is 6.54 Å². The molecule has 1 aliphatic rings. The minimum atomic E-state index is -0.748. The number of urea groups is 1. The molecule has 1 heterocycles. The van der Waals surface area contributed by atoms with Crippen molar-refractivity contribution in [3.05, 3.63) is 0 Å². The van der Waals surface area contributed by atoms with Gasteiger partial charge in [0.25, 0.3) is 0 Å². The van der Waals surface area contributed by atoms with E-state index in [1.54, 1.807) is 18.7 Å². The molecule has 1 rings (SSSR count). The van der Waals surface area contributed by atoms with Gasteiger partial charge in [-0.1, -0.05) is 26.7 Å². The number of carbonyl (C=O) groups excluding carboxylic acids is 2. The summed E-state index contributed by atoms with van der Waals surface area (Å²) in [7, 11) is 0. The fraction of sp³-hybridized carbons (Fsp3) is 0.864. The van der Waals surface area contributed by atoms with Gasteiger partial charge in [0.05, 0.1) is 5.41 Å². The van der Waals surface area contributed by atoms with Gasteiger partial charge in [-0.15, -0.1) is 0 Å². The van der Waals surface area contributed by atoms with Crippen LogP contribution in [0.3, 0.4) is 0 Å². The Morgan fingerprint density at radius 2 is 1.59 bits per heavy atom. The highest BCUT2D eigenvalue weighted by atomic mass is 16.5. The molecule has 3 amide bonds. The predicted molar refractivity (Wildman–Crippen MR) is 113 cm³/mol. The molecule has 1 fully saturated rings. The van der Waals surface area contributed by atoms with E-state index < -0.39 is 11.4 Å². The van der Waals surface area contributed by atoms with Crippen LogP contribution in [0.1, 0.15) is 79.6 Å². The number of imide groups is 1. The van der Waals surface area contributed by atoms with Gasteiger partial charge in [-0.2, -0.15) is 0 Å². The molecule has 0 atom stereocenters. The molecule has 1 aliphatic heterocycles. The Labute approximate surface area is 175 Å². The molecule has 0 spiro atoms. The Morgan fingerprint density at radius 3 is 2.10 bits per heavy atom. The monoisotopic (exact) mass is 412 g/mol. The lowest BCUT2D eigenvalue weighted by Gasteiger charge is -2.27. The van der Waals surface area contributed by atoms with Crippen LogP contribution in [-0.4, -0.2) is 65.7 Å². The predicted octanol–water partition coefficient (Wildman–Crippen LogP) is 4.15. The first-order valence-corrected chi connectivity index (χ1v) is 10.9. The summed E-state index contributed by atoms with van der Waals surface area (Å²) in [6.45, 7) is 12.4. The Bertz CT molecular complexity index is 559. The van der Waals surface area contributed by atoms with E-state index >= 15 is 0 Å². The van der Waals surface area contributed by atoms with Crippen molar-refractivity contribution in [1.82, 2.24) is 9.80 Å². The minimum absolute atomic E-state index is 0.0720. The van der Waals surface area contributed by atoms with Gasteiger partial charge >= 0.3 is 12.0 Å². The Hall–Kier alpha value is -1.63. The summed E-state index contributed by atoms with van der Waals surface area (Å²) >= 11 is 0. The Morgan fingerprint density at radius 1 is 1.00 bits per heavy atom. The second-order valence-electron chi connectivity index (χ2n) is 9.47. The van der Waals surface area contributed by atoms with Crippen LogP contribution in [0.2, 0.25) is 0 Å². The number of carboxylic acid groups (broad SMARTS) is 1. The van der Waals surface area contributed by atoms with Crippen molar-refractivity contribution in [2.24, 2.45) is 10.8 Å². The third-order valence-electron chi connectivity index (χ3n) is 5.83. The summed E-state index contributed by atoms with van der Waals surface area (Å²) in [6, 6.07) is -0.159.